The van der Waals surface area contributed by atoms with Crippen molar-refractivity contribution >= 4 is 23.6 Å². The van der Waals surface area contributed by atoms with Gasteiger partial charge in [0.05, 0.1) is 5.69 Å². The number of hydrogen-bond donors (Lipinski definition) is 1. The number of carbonyl (C=O) groups excluding carboxylic acids is 2. The molecule has 0 radical (unpaired) electrons. The molecule has 2 aromatic rings. The fraction of sp³-hybridized carbons (Fsp3) is 0.0667. The molecule has 0 saturated carbocycles. The number of hydrogen-bond acceptors (Lipinski definition) is 3. The highest BCUT2D eigenvalue weighted by molar-refractivity contribution is 6.09. The van der Waals surface area contributed by atoms with Crippen molar-refractivity contribution in [2.24, 2.45) is 0 Å². The molecule has 20 heavy (non-hydrogen) atoms. The molecule has 102 valence electrons. The Balaban J connectivity index is 2.29. The molecule has 0 atom stereocenters. The monoisotopic (exact) mass is 272 g/mol. The van der Waals surface area contributed by atoms with Crippen LogP contribution in [-0.2, 0) is 4.79 Å². The van der Waals surface area contributed by atoms with Gasteiger partial charge in [0, 0.05) is 23.9 Å². The van der Waals surface area contributed by atoms with Crippen LogP contribution >= 0.6 is 0 Å². The summed E-state index contributed by atoms with van der Waals surface area (Å²) >= 11 is 0. The van der Waals surface area contributed by atoms with Gasteiger partial charge in [-0.1, -0.05) is 0 Å². The van der Waals surface area contributed by atoms with Crippen LogP contribution in [0.15, 0.2) is 42.5 Å². The molecule has 0 saturated heterocycles. The van der Waals surface area contributed by atoms with Crippen molar-refractivity contribution in [2.45, 2.75) is 0 Å². The molecule has 5 heteroatoms. The molecule has 0 aliphatic heterocycles. The second-order valence-corrected chi connectivity index (χ2v) is 4.33. The van der Waals surface area contributed by atoms with E-state index in [-0.39, 0.29) is 17.0 Å². The molecule has 0 fully saturated rings. The van der Waals surface area contributed by atoms with E-state index in [1.165, 1.54) is 17.0 Å². The quantitative estimate of drug-likeness (QED) is 0.527. The number of anilines is 2. The maximum Gasteiger partial charge on any atom is 0.213 e. The van der Waals surface area contributed by atoms with E-state index in [9.17, 15) is 14.0 Å². The van der Waals surface area contributed by atoms with Crippen LogP contribution in [0.2, 0.25) is 0 Å². The summed E-state index contributed by atoms with van der Waals surface area (Å²) in [6.07, 6.45) is 0.673. The van der Waals surface area contributed by atoms with E-state index in [1.807, 2.05) is 0 Å². The molecule has 2 rings (SSSR count). The molecule has 0 aromatic heterocycles. The molecular weight excluding hydrogens is 259 g/mol. The van der Waals surface area contributed by atoms with Crippen molar-refractivity contribution < 1.29 is 14.0 Å². The number of nitrogens with zero attached hydrogens (tertiary/aromatic N) is 1. The third-order valence-corrected chi connectivity index (χ3v) is 2.96. The van der Waals surface area contributed by atoms with Crippen LogP contribution in [0.1, 0.15) is 15.9 Å². The maximum absolute atomic E-state index is 13.3. The lowest BCUT2D eigenvalue weighted by atomic mass is 10.0. The van der Waals surface area contributed by atoms with Gasteiger partial charge in [0.25, 0.3) is 0 Å². The van der Waals surface area contributed by atoms with E-state index >= 15 is 0 Å². The highest BCUT2D eigenvalue weighted by atomic mass is 19.1. The van der Waals surface area contributed by atoms with Crippen LogP contribution in [0.25, 0.3) is 0 Å². The van der Waals surface area contributed by atoms with Crippen LogP contribution in [-0.4, -0.2) is 19.2 Å². The molecule has 1 amide bonds. The fourth-order valence-corrected chi connectivity index (χ4v) is 1.74. The predicted octanol–water partition coefficient (Wildman–Crippen LogP) is 2.23. The van der Waals surface area contributed by atoms with E-state index in [2.05, 4.69) is 0 Å². The molecule has 0 aliphatic carbocycles. The van der Waals surface area contributed by atoms with Crippen molar-refractivity contribution in [1.29, 1.82) is 0 Å². The number of halogens is 1. The Morgan fingerprint density at radius 3 is 2.30 bits per heavy atom. The number of nitrogens with two attached hydrogens (primary N) is 1. The third-order valence-electron chi connectivity index (χ3n) is 2.96. The van der Waals surface area contributed by atoms with Crippen molar-refractivity contribution in [3.63, 3.8) is 0 Å². The van der Waals surface area contributed by atoms with Crippen molar-refractivity contribution in [1.82, 2.24) is 0 Å². The van der Waals surface area contributed by atoms with E-state index in [0.29, 0.717) is 17.7 Å². The van der Waals surface area contributed by atoms with Crippen LogP contribution in [0.5, 0.6) is 0 Å². The zero-order chi connectivity index (χ0) is 14.7. The normalized spacial score (nSPS) is 10.1. The molecule has 0 spiro atoms. The highest BCUT2D eigenvalue weighted by Crippen LogP contribution is 2.18. The molecule has 0 unspecified atom stereocenters. The van der Waals surface area contributed by atoms with Crippen molar-refractivity contribution in [2.75, 3.05) is 17.7 Å². The lowest BCUT2D eigenvalue weighted by molar-refractivity contribution is -0.107. The third kappa shape index (κ3) is 2.66. The van der Waals surface area contributed by atoms with E-state index in [1.54, 1.807) is 31.3 Å². The predicted molar refractivity (Wildman–Crippen MR) is 75.2 cm³/mol. The lowest BCUT2D eigenvalue weighted by Gasteiger charge is -2.10. The van der Waals surface area contributed by atoms with Crippen LogP contribution in [0.4, 0.5) is 15.8 Å². The van der Waals surface area contributed by atoms with E-state index in [0.717, 1.165) is 6.07 Å². The first-order chi connectivity index (χ1) is 9.52. The number of nitrogen functional groups attached to an aromatic ring is 1. The number of rotatable bonds is 4. The maximum atomic E-state index is 13.3. The number of ketones is 1. The van der Waals surface area contributed by atoms with Gasteiger partial charge in [-0.15, -0.1) is 0 Å². The summed E-state index contributed by atoms with van der Waals surface area (Å²) in [5.74, 6) is -0.919. The van der Waals surface area contributed by atoms with Gasteiger partial charge in [0.2, 0.25) is 6.41 Å². The first-order valence-corrected chi connectivity index (χ1v) is 5.91. The number of benzene rings is 2. The lowest BCUT2D eigenvalue weighted by Crippen LogP contribution is -2.13. The summed E-state index contributed by atoms with van der Waals surface area (Å²) in [6.45, 7) is 0. The summed E-state index contributed by atoms with van der Waals surface area (Å²) in [6, 6.07) is 10.4. The highest BCUT2D eigenvalue weighted by Gasteiger charge is 2.11. The second kappa shape index (κ2) is 5.52. The Morgan fingerprint density at radius 2 is 1.75 bits per heavy atom. The molecule has 0 aliphatic rings. The fourth-order valence-electron chi connectivity index (χ4n) is 1.74. The van der Waals surface area contributed by atoms with Gasteiger partial charge in [0.15, 0.2) is 5.78 Å². The van der Waals surface area contributed by atoms with Crippen LogP contribution in [0.3, 0.4) is 0 Å². The molecular formula is C15H13FN2O2. The summed E-state index contributed by atoms with van der Waals surface area (Å²) in [4.78, 5) is 24.2. The standard InChI is InChI=1S/C15H13FN2O2/c1-18(9-19)12-5-2-10(3-6-12)15(20)11-4-7-14(17)13(16)8-11/h2-9H,17H2,1H3. The topological polar surface area (TPSA) is 63.4 Å². The average Bonchev–Trinajstić information content (AvgIpc) is 2.48. The van der Waals surface area contributed by atoms with Gasteiger partial charge >= 0.3 is 0 Å². The molecule has 0 bridgehead atoms. The van der Waals surface area contributed by atoms with Crippen molar-refractivity contribution in [3.05, 3.63) is 59.4 Å². The molecule has 0 heterocycles. The van der Waals surface area contributed by atoms with Crippen LogP contribution in [0, 0.1) is 5.82 Å². The first kappa shape index (κ1) is 13.7. The Bertz CT molecular complexity index is 653. The van der Waals surface area contributed by atoms with E-state index < -0.39 is 5.82 Å². The van der Waals surface area contributed by atoms with Gasteiger partial charge in [0.1, 0.15) is 5.82 Å². The van der Waals surface area contributed by atoms with Gasteiger partial charge in [-0.3, -0.25) is 9.59 Å². The Kier molecular flexibility index (Phi) is 3.79. The van der Waals surface area contributed by atoms with Crippen molar-refractivity contribution in [3.8, 4) is 0 Å². The van der Waals surface area contributed by atoms with Crippen LogP contribution < -0.4 is 10.6 Å². The smallest absolute Gasteiger partial charge is 0.213 e. The second-order valence-electron chi connectivity index (χ2n) is 4.33. The van der Waals surface area contributed by atoms with E-state index in [4.69, 9.17) is 5.73 Å². The largest absolute Gasteiger partial charge is 0.396 e. The minimum atomic E-state index is -0.617. The molecule has 2 aromatic carbocycles. The first-order valence-electron chi connectivity index (χ1n) is 5.91. The zero-order valence-corrected chi connectivity index (χ0v) is 10.8. The number of carbonyl (C=O) groups is 2. The zero-order valence-electron chi connectivity index (χ0n) is 10.8. The van der Waals surface area contributed by atoms with Gasteiger partial charge in [-0.25, -0.2) is 4.39 Å². The van der Waals surface area contributed by atoms with Gasteiger partial charge in [-0.2, -0.15) is 0 Å². The summed E-state index contributed by atoms with van der Waals surface area (Å²) < 4.78 is 13.3. The van der Waals surface area contributed by atoms with Gasteiger partial charge in [-0.05, 0) is 42.5 Å². The summed E-state index contributed by atoms with van der Waals surface area (Å²) in [7, 11) is 1.61. The average molecular weight is 272 g/mol. The summed E-state index contributed by atoms with van der Waals surface area (Å²) in [5.41, 5.74) is 6.69. The SMILES string of the molecule is CN(C=O)c1ccc(C(=O)c2ccc(N)c(F)c2)cc1. The molecule has 4 nitrogen and oxygen atoms in total. The van der Waals surface area contributed by atoms with Gasteiger partial charge < -0.3 is 10.6 Å². The Morgan fingerprint density at radius 1 is 1.15 bits per heavy atom. The summed E-state index contributed by atoms with van der Waals surface area (Å²) in [5, 5.41) is 0. The molecule has 2 N–H and O–H groups in total. The minimum absolute atomic E-state index is 0.00417. The Hall–Kier alpha value is -2.69. The Labute approximate surface area is 115 Å². The minimum Gasteiger partial charge on any atom is -0.396 e. The number of amides is 1.